The smallest absolute Gasteiger partial charge is 0.335 e. The topological polar surface area (TPSA) is 40.5 Å². The Morgan fingerprint density at radius 3 is 2.65 bits per heavy atom. The molecular formula is C20H21NO2. The van der Waals surface area contributed by atoms with Crippen molar-refractivity contribution in [1.82, 2.24) is 4.90 Å². The first-order chi connectivity index (χ1) is 11.2. The molecule has 3 rings (SSSR count). The van der Waals surface area contributed by atoms with Gasteiger partial charge < -0.3 is 5.11 Å². The third-order valence-corrected chi connectivity index (χ3v) is 4.38. The van der Waals surface area contributed by atoms with Gasteiger partial charge in [-0.1, -0.05) is 60.7 Å². The molecule has 2 aromatic carbocycles. The number of benzene rings is 2. The van der Waals surface area contributed by atoms with E-state index in [0.29, 0.717) is 11.5 Å². The lowest BCUT2D eigenvalue weighted by atomic mass is 9.93. The van der Waals surface area contributed by atoms with Crippen LogP contribution in [0.5, 0.6) is 0 Å². The lowest BCUT2D eigenvalue weighted by Crippen LogP contribution is -2.20. The molecule has 0 unspecified atom stereocenters. The van der Waals surface area contributed by atoms with Crippen LogP contribution in [0.4, 0.5) is 0 Å². The molecule has 1 N–H and O–H groups in total. The first-order valence-corrected chi connectivity index (χ1v) is 8.00. The lowest BCUT2D eigenvalue weighted by Gasteiger charge is -2.15. The molecule has 1 heterocycles. The SMILES string of the molecule is O=C(O)c1ccccc1[C@H]1CCN(C/C=C/c2ccccc2)C1. The second-order valence-corrected chi connectivity index (χ2v) is 5.95. The van der Waals surface area contributed by atoms with Crippen molar-refractivity contribution in [3.8, 4) is 0 Å². The number of carboxylic acids is 1. The van der Waals surface area contributed by atoms with Gasteiger partial charge in [0.1, 0.15) is 0 Å². The number of rotatable bonds is 5. The first kappa shape index (κ1) is 15.5. The Kier molecular flexibility index (Phi) is 4.89. The zero-order chi connectivity index (χ0) is 16.1. The number of aromatic carboxylic acids is 1. The molecule has 0 saturated carbocycles. The predicted molar refractivity (Wildman–Crippen MR) is 92.7 cm³/mol. The minimum absolute atomic E-state index is 0.312. The van der Waals surface area contributed by atoms with Crippen LogP contribution in [0.1, 0.15) is 33.8 Å². The van der Waals surface area contributed by atoms with Crippen LogP contribution in [0.15, 0.2) is 60.7 Å². The highest BCUT2D eigenvalue weighted by Gasteiger charge is 2.26. The van der Waals surface area contributed by atoms with Gasteiger partial charge in [0.15, 0.2) is 0 Å². The Bertz CT molecular complexity index is 694. The normalized spacial score (nSPS) is 18.5. The van der Waals surface area contributed by atoms with Crippen LogP contribution in [0, 0.1) is 0 Å². The number of carboxylic acid groups (broad SMARTS) is 1. The Morgan fingerprint density at radius 1 is 1.13 bits per heavy atom. The van der Waals surface area contributed by atoms with Crippen LogP contribution in [0.3, 0.4) is 0 Å². The van der Waals surface area contributed by atoms with Crippen molar-refractivity contribution in [2.45, 2.75) is 12.3 Å². The van der Waals surface area contributed by atoms with Crippen molar-refractivity contribution in [3.63, 3.8) is 0 Å². The molecule has 3 nitrogen and oxygen atoms in total. The van der Waals surface area contributed by atoms with Crippen LogP contribution >= 0.6 is 0 Å². The van der Waals surface area contributed by atoms with Gasteiger partial charge in [-0.05, 0) is 36.1 Å². The first-order valence-electron chi connectivity index (χ1n) is 8.00. The molecule has 0 spiro atoms. The zero-order valence-electron chi connectivity index (χ0n) is 13.1. The van der Waals surface area contributed by atoms with Crippen molar-refractivity contribution < 1.29 is 9.90 Å². The maximum atomic E-state index is 11.4. The fraction of sp³-hybridized carbons (Fsp3) is 0.250. The highest BCUT2D eigenvalue weighted by Crippen LogP contribution is 2.29. The van der Waals surface area contributed by atoms with Crippen LogP contribution in [0.2, 0.25) is 0 Å². The van der Waals surface area contributed by atoms with E-state index in [1.54, 1.807) is 12.1 Å². The highest BCUT2D eigenvalue weighted by molar-refractivity contribution is 5.89. The molecule has 1 aliphatic rings. The summed E-state index contributed by atoms with van der Waals surface area (Å²) in [7, 11) is 0. The van der Waals surface area contributed by atoms with Gasteiger partial charge in [-0.2, -0.15) is 0 Å². The molecule has 1 fully saturated rings. The maximum absolute atomic E-state index is 11.4. The van der Waals surface area contributed by atoms with Gasteiger partial charge in [0.05, 0.1) is 5.56 Å². The maximum Gasteiger partial charge on any atom is 0.335 e. The van der Waals surface area contributed by atoms with E-state index >= 15 is 0 Å². The zero-order valence-corrected chi connectivity index (χ0v) is 13.1. The van der Waals surface area contributed by atoms with Crippen LogP contribution < -0.4 is 0 Å². The van der Waals surface area contributed by atoms with E-state index in [1.165, 1.54) is 5.56 Å². The van der Waals surface area contributed by atoms with E-state index in [0.717, 1.165) is 31.6 Å². The number of hydrogen-bond donors (Lipinski definition) is 1. The summed E-state index contributed by atoms with van der Waals surface area (Å²) >= 11 is 0. The average Bonchev–Trinajstić information content (AvgIpc) is 3.04. The van der Waals surface area contributed by atoms with Gasteiger partial charge in [-0.15, -0.1) is 0 Å². The second kappa shape index (κ2) is 7.25. The summed E-state index contributed by atoms with van der Waals surface area (Å²) < 4.78 is 0. The molecule has 0 amide bonds. The summed E-state index contributed by atoms with van der Waals surface area (Å²) in [5.74, 6) is -0.518. The molecule has 3 heteroatoms. The molecule has 1 saturated heterocycles. The molecule has 23 heavy (non-hydrogen) atoms. The molecule has 0 aliphatic carbocycles. The number of nitrogens with zero attached hydrogens (tertiary/aromatic N) is 1. The summed E-state index contributed by atoms with van der Waals surface area (Å²) in [6, 6.07) is 17.7. The average molecular weight is 307 g/mol. The van der Waals surface area contributed by atoms with Gasteiger partial charge in [-0.3, -0.25) is 4.90 Å². The van der Waals surface area contributed by atoms with Crippen LogP contribution in [0.25, 0.3) is 6.08 Å². The molecule has 1 atom stereocenters. The van der Waals surface area contributed by atoms with Gasteiger partial charge in [0.2, 0.25) is 0 Å². The van der Waals surface area contributed by atoms with Crippen LogP contribution in [-0.2, 0) is 0 Å². The van der Waals surface area contributed by atoms with E-state index in [9.17, 15) is 9.90 Å². The van der Waals surface area contributed by atoms with Crippen molar-refractivity contribution in [1.29, 1.82) is 0 Å². The minimum atomic E-state index is -0.831. The van der Waals surface area contributed by atoms with E-state index in [4.69, 9.17) is 0 Å². The largest absolute Gasteiger partial charge is 0.478 e. The molecule has 0 bridgehead atoms. The minimum Gasteiger partial charge on any atom is -0.478 e. The fourth-order valence-electron chi connectivity index (χ4n) is 3.20. The van der Waals surface area contributed by atoms with Gasteiger partial charge in [-0.25, -0.2) is 4.79 Å². The molecule has 0 radical (unpaired) electrons. The molecule has 1 aliphatic heterocycles. The van der Waals surface area contributed by atoms with Crippen molar-refractivity contribution in [2.75, 3.05) is 19.6 Å². The van der Waals surface area contributed by atoms with Crippen LogP contribution in [-0.4, -0.2) is 35.6 Å². The summed E-state index contributed by atoms with van der Waals surface area (Å²) in [6.45, 7) is 2.84. The van der Waals surface area contributed by atoms with E-state index in [-0.39, 0.29) is 0 Å². The third-order valence-electron chi connectivity index (χ3n) is 4.38. The van der Waals surface area contributed by atoms with E-state index < -0.39 is 5.97 Å². The number of carbonyl (C=O) groups is 1. The Labute approximate surface area is 136 Å². The molecular weight excluding hydrogens is 286 g/mol. The Hall–Kier alpha value is -2.39. The summed E-state index contributed by atoms with van der Waals surface area (Å²) in [5, 5.41) is 9.33. The highest BCUT2D eigenvalue weighted by atomic mass is 16.4. The van der Waals surface area contributed by atoms with Gasteiger partial charge >= 0.3 is 5.97 Å². The lowest BCUT2D eigenvalue weighted by molar-refractivity contribution is 0.0695. The Balaban J connectivity index is 1.61. The van der Waals surface area contributed by atoms with Crippen molar-refractivity contribution in [3.05, 3.63) is 77.4 Å². The van der Waals surface area contributed by atoms with Crippen molar-refractivity contribution >= 4 is 12.0 Å². The Morgan fingerprint density at radius 2 is 1.87 bits per heavy atom. The van der Waals surface area contributed by atoms with Crippen molar-refractivity contribution in [2.24, 2.45) is 0 Å². The fourth-order valence-corrected chi connectivity index (χ4v) is 3.20. The summed E-state index contributed by atoms with van der Waals surface area (Å²) in [5.41, 5.74) is 2.62. The number of hydrogen-bond acceptors (Lipinski definition) is 2. The predicted octanol–water partition coefficient (Wildman–Crippen LogP) is 3.89. The van der Waals surface area contributed by atoms with E-state index in [1.807, 2.05) is 30.3 Å². The third kappa shape index (κ3) is 3.88. The standard InChI is InChI=1S/C20H21NO2/c22-20(23)19-11-5-4-10-18(19)17-12-14-21(15-17)13-6-9-16-7-2-1-3-8-16/h1-11,17H,12-15H2,(H,22,23)/b9-6+/t17-/m0/s1. The number of likely N-dealkylation sites (tertiary alicyclic amines) is 1. The quantitative estimate of drug-likeness (QED) is 0.911. The summed E-state index contributed by atoms with van der Waals surface area (Å²) in [4.78, 5) is 13.7. The monoisotopic (exact) mass is 307 g/mol. The molecule has 118 valence electrons. The summed E-state index contributed by atoms with van der Waals surface area (Å²) in [6.07, 6.45) is 5.34. The second-order valence-electron chi connectivity index (χ2n) is 5.95. The molecule has 0 aromatic heterocycles. The van der Waals surface area contributed by atoms with Gasteiger partial charge in [0.25, 0.3) is 0 Å². The van der Waals surface area contributed by atoms with Gasteiger partial charge in [0, 0.05) is 13.1 Å². The van der Waals surface area contributed by atoms with E-state index in [2.05, 4.69) is 29.2 Å². The molecule has 2 aromatic rings.